The average Bonchev–Trinajstić information content (AvgIpc) is 2.55. The Hall–Kier alpha value is -1.84. The van der Waals surface area contributed by atoms with Crippen molar-refractivity contribution in [1.29, 1.82) is 0 Å². The molecule has 0 aliphatic heterocycles. The highest BCUT2D eigenvalue weighted by Gasteiger charge is 2.26. The van der Waals surface area contributed by atoms with E-state index in [0.29, 0.717) is 17.9 Å². The van der Waals surface area contributed by atoms with E-state index in [4.69, 9.17) is 4.74 Å². The summed E-state index contributed by atoms with van der Waals surface area (Å²) in [6.07, 6.45) is 6.64. The van der Waals surface area contributed by atoms with Gasteiger partial charge >= 0.3 is 5.97 Å². The van der Waals surface area contributed by atoms with Crippen LogP contribution in [0.1, 0.15) is 48.9 Å². The van der Waals surface area contributed by atoms with Crippen LogP contribution in [-0.4, -0.2) is 25.0 Å². The summed E-state index contributed by atoms with van der Waals surface area (Å²) in [5, 5.41) is 2.82. The Labute approximate surface area is 125 Å². The fraction of sp³-hybridized carbons (Fsp3) is 0.529. The van der Waals surface area contributed by atoms with Crippen LogP contribution in [0.25, 0.3) is 0 Å². The molecule has 0 heterocycles. The minimum Gasteiger partial charge on any atom is -0.467 e. The van der Waals surface area contributed by atoms with Crippen molar-refractivity contribution in [3.05, 3.63) is 35.9 Å². The van der Waals surface area contributed by atoms with Gasteiger partial charge in [-0.3, -0.25) is 4.79 Å². The molecule has 0 saturated heterocycles. The molecule has 1 fully saturated rings. The first-order chi connectivity index (χ1) is 10.2. The minimum atomic E-state index is -0.550. The van der Waals surface area contributed by atoms with Crippen molar-refractivity contribution in [2.24, 2.45) is 5.92 Å². The number of hydrogen-bond donors (Lipinski definition) is 1. The summed E-state index contributed by atoms with van der Waals surface area (Å²) in [4.78, 5) is 24.1. The van der Waals surface area contributed by atoms with Gasteiger partial charge in [0.15, 0.2) is 0 Å². The predicted octanol–water partition coefficient (Wildman–Crippen LogP) is 2.93. The van der Waals surface area contributed by atoms with Crippen LogP contribution in [0.2, 0.25) is 0 Å². The second-order valence-corrected chi connectivity index (χ2v) is 5.65. The third-order valence-corrected chi connectivity index (χ3v) is 4.12. The van der Waals surface area contributed by atoms with Gasteiger partial charge in [-0.1, -0.05) is 50.3 Å². The van der Waals surface area contributed by atoms with Gasteiger partial charge in [-0.2, -0.15) is 0 Å². The summed E-state index contributed by atoms with van der Waals surface area (Å²) in [5.74, 6) is -0.0782. The quantitative estimate of drug-likeness (QED) is 0.848. The zero-order chi connectivity index (χ0) is 15.1. The first-order valence-electron chi connectivity index (χ1n) is 7.64. The first kappa shape index (κ1) is 15.5. The van der Waals surface area contributed by atoms with Crippen molar-refractivity contribution in [3.8, 4) is 0 Å². The Morgan fingerprint density at radius 1 is 1.19 bits per heavy atom. The molecule has 4 nitrogen and oxygen atoms in total. The Morgan fingerprint density at radius 3 is 2.48 bits per heavy atom. The van der Waals surface area contributed by atoms with Crippen molar-refractivity contribution < 1.29 is 14.3 Å². The molecule has 21 heavy (non-hydrogen) atoms. The molecule has 1 saturated carbocycles. The van der Waals surface area contributed by atoms with Crippen molar-refractivity contribution in [1.82, 2.24) is 5.32 Å². The lowest BCUT2D eigenvalue weighted by atomic mass is 9.85. The molecule has 4 heteroatoms. The summed E-state index contributed by atoms with van der Waals surface area (Å²) in [6.45, 7) is 0. The molecule has 1 amide bonds. The van der Waals surface area contributed by atoms with E-state index in [-0.39, 0.29) is 11.9 Å². The maximum atomic E-state index is 12.2. The molecule has 0 unspecified atom stereocenters. The second kappa shape index (κ2) is 7.81. The highest BCUT2D eigenvalue weighted by molar-refractivity contribution is 5.96. The number of benzene rings is 1. The van der Waals surface area contributed by atoms with Crippen LogP contribution in [0.3, 0.4) is 0 Å². The number of methoxy groups -OCH3 is 1. The minimum absolute atomic E-state index is 0.221. The Morgan fingerprint density at radius 2 is 1.86 bits per heavy atom. The Bertz CT molecular complexity index is 466. The summed E-state index contributed by atoms with van der Waals surface area (Å²) in [6, 6.07) is 8.41. The molecule has 1 N–H and O–H groups in total. The largest absolute Gasteiger partial charge is 0.467 e. The molecule has 1 aromatic rings. The smallest absolute Gasteiger partial charge is 0.328 e. The monoisotopic (exact) mass is 289 g/mol. The molecule has 0 spiro atoms. The molecule has 1 aliphatic carbocycles. The Kier molecular flexibility index (Phi) is 5.78. The van der Waals surface area contributed by atoms with Crippen molar-refractivity contribution >= 4 is 11.9 Å². The molecule has 114 valence electrons. The van der Waals surface area contributed by atoms with E-state index < -0.39 is 6.04 Å². The van der Waals surface area contributed by atoms with E-state index in [1.165, 1.54) is 26.4 Å². The van der Waals surface area contributed by atoms with Crippen LogP contribution in [0.15, 0.2) is 30.3 Å². The van der Waals surface area contributed by atoms with Crippen LogP contribution in [0, 0.1) is 5.92 Å². The average molecular weight is 289 g/mol. The normalized spacial score (nSPS) is 17.0. The molecule has 0 radical (unpaired) electrons. The third-order valence-electron chi connectivity index (χ3n) is 4.12. The highest BCUT2D eigenvalue weighted by atomic mass is 16.5. The summed E-state index contributed by atoms with van der Waals surface area (Å²) in [7, 11) is 1.37. The maximum Gasteiger partial charge on any atom is 0.328 e. The van der Waals surface area contributed by atoms with E-state index in [0.717, 1.165) is 12.8 Å². The first-order valence-corrected chi connectivity index (χ1v) is 7.64. The topological polar surface area (TPSA) is 55.4 Å². The molecule has 0 bridgehead atoms. The fourth-order valence-electron chi connectivity index (χ4n) is 2.94. The zero-order valence-corrected chi connectivity index (χ0v) is 12.5. The molecule has 1 aliphatic rings. The molecule has 2 rings (SSSR count). The third kappa shape index (κ3) is 4.59. The standard InChI is InChI=1S/C17H23NO3/c1-21-17(20)15(12-13-8-4-2-5-9-13)18-16(19)14-10-6-3-7-11-14/h3,6-7,10-11,13,15H,2,4-5,8-9,12H2,1H3,(H,18,19)/t15-/m0/s1. The maximum absolute atomic E-state index is 12.2. The van der Waals surface area contributed by atoms with Gasteiger partial charge < -0.3 is 10.1 Å². The lowest BCUT2D eigenvalue weighted by Crippen LogP contribution is -2.43. The van der Waals surface area contributed by atoms with Crippen LogP contribution >= 0.6 is 0 Å². The number of carbonyl (C=O) groups excluding carboxylic acids is 2. The van der Waals surface area contributed by atoms with E-state index in [1.807, 2.05) is 18.2 Å². The fourth-order valence-corrected chi connectivity index (χ4v) is 2.94. The number of rotatable bonds is 5. The number of nitrogens with one attached hydrogen (secondary N) is 1. The van der Waals surface area contributed by atoms with E-state index in [1.54, 1.807) is 12.1 Å². The molecule has 1 aromatic carbocycles. The van der Waals surface area contributed by atoms with Crippen LogP contribution < -0.4 is 5.32 Å². The summed E-state index contributed by atoms with van der Waals surface area (Å²) in [5.41, 5.74) is 0.565. The van der Waals surface area contributed by atoms with Crippen LogP contribution in [-0.2, 0) is 9.53 Å². The molecular weight excluding hydrogens is 266 g/mol. The number of carbonyl (C=O) groups is 2. The highest BCUT2D eigenvalue weighted by Crippen LogP contribution is 2.27. The Balaban J connectivity index is 1.98. The van der Waals surface area contributed by atoms with Crippen molar-refractivity contribution in [2.75, 3.05) is 7.11 Å². The molecule has 0 aromatic heterocycles. The van der Waals surface area contributed by atoms with Gasteiger partial charge in [0.1, 0.15) is 6.04 Å². The van der Waals surface area contributed by atoms with Gasteiger partial charge in [-0.15, -0.1) is 0 Å². The van der Waals surface area contributed by atoms with E-state index >= 15 is 0 Å². The van der Waals surface area contributed by atoms with Gasteiger partial charge in [0.05, 0.1) is 7.11 Å². The van der Waals surface area contributed by atoms with Gasteiger partial charge in [-0.25, -0.2) is 4.79 Å². The predicted molar refractivity (Wildman–Crippen MR) is 80.9 cm³/mol. The number of amides is 1. The number of hydrogen-bond acceptors (Lipinski definition) is 3. The van der Waals surface area contributed by atoms with Gasteiger partial charge in [-0.05, 0) is 24.5 Å². The van der Waals surface area contributed by atoms with Crippen LogP contribution in [0.4, 0.5) is 0 Å². The lowest BCUT2D eigenvalue weighted by Gasteiger charge is -2.25. The van der Waals surface area contributed by atoms with Crippen LogP contribution in [0.5, 0.6) is 0 Å². The lowest BCUT2D eigenvalue weighted by molar-refractivity contribution is -0.143. The summed E-state index contributed by atoms with van der Waals surface area (Å²) < 4.78 is 4.84. The SMILES string of the molecule is COC(=O)[C@H](CC1CCCCC1)NC(=O)c1ccccc1. The molecular formula is C17H23NO3. The zero-order valence-electron chi connectivity index (χ0n) is 12.5. The van der Waals surface area contributed by atoms with E-state index in [2.05, 4.69) is 5.32 Å². The number of ether oxygens (including phenoxy) is 1. The second-order valence-electron chi connectivity index (χ2n) is 5.65. The summed E-state index contributed by atoms with van der Waals surface area (Å²) >= 11 is 0. The van der Waals surface area contributed by atoms with Crippen molar-refractivity contribution in [3.63, 3.8) is 0 Å². The van der Waals surface area contributed by atoms with Gasteiger partial charge in [0, 0.05) is 5.56 Å². The van der Waals surface area contributed by atoms with Gasteiger partial charge in [0.25, 0.3) is 5.91 Å². The number of esters is 1. The van der Waals surface area contributed by atoms with E-state index in [9.17, 15) is 9.59 Å². The molecule has 1 atom stereocenters. The van der Waals surface area contributed by atoms with Gasteiger partial charge in [0.2, 0.25) is 0 Å². The van der Waals surface area contributed by atoms with Crippen molar-refractivity contribution in [2.45, 2.75) is 44.6 Å².